The molecule has 1 aromatic carbocycles. The molecule has 0 spiro atoms. The number of esters is 1. The molecule has 0 bridgehead atoms. The minimum absolute atomic E-state index is 0.329. The van der Waals surface area contributed by atoms with Crippen LogP contribution in [0.4, 0.5) is 5.69 Å². The van der Waals surface area contributed by atoms with Gasteiger partial charge >= 0.3 is 5.97 Å². The average molecular weight is 207 g/mol. The van der Waals surface area contributed by atoms with Crippen LogP contribution in [-0.4, -0.2) is 12.6 Å². The number of ether oxygens (including phenoxy) is 1. The summed E-state index contributed by atoms with van der Waals surface area (Å²) in [5.74, 6) is -0.329. The summed E-state index contributed by atoms with van der Waals surface area (Å²) in [6.07, 6.45) is 3.11. The molecule has 2 N–H and O–H groups in total. The molecule has 0 aliphatic rings. The van der Waals surface area contributed by atoms with Crippen LogP contribution >= 0.6 is 0 Å². The molecule has 0 heterocycles. The summed E-state index contributed by atoms with van der Waals surface area (Å²) in [5.41, 5.74) is 6.57. The van der Waals surface area contributed by atoms with E-state index in [4.69, 9.17) is 10.5 Å². The van der Waals surface area contributed by atoms with E-state index in [1.165, 1.54) is 0 Å². The van der Waals surface area contributed by atoms with E-state index in [0.29, 0.717) is 17.9 Å². The molecule has 3 nitrogen and oxygen atoms in total. The normalized spacial score (nSPS) is 9.93. The van der Waals surface area contributed by atoms with Gasteiger partial charge in [-0.25, -0.2) is 4.79 Å². The molecule has 1 rings (SSSR count). The number of hydrogen-bond acceptors (Lipinski definition) is 3. The number of anilines is 1. The van der Waals surface area contributed by atoms with Gasteiger partial charge in [-0.05, 0) is 18.6 Å². The van der Waals surface area contributed by atoms with Crippen LogP contribution in [0.5, 0.6) is 0 Å². The molecule has 0 saturated carbocycles. The lowest BCUT2D eigenvalue weighted by Gasteiger charge is -2.05. The second-order valence-corrected chi connectivity index (χ2v) is 3.43. The first-order valence-electron chi connectivity index (χ1n) is 5.27. The molecular formula is C12H17NO2. The van der Waals surface area contributed by atoms with Crippen molar-refractivity contribution in [1.82, 2.24) is 0 Å². The summed E-state index contributed by atoms with van der Waals surface area (Å²) in [7, 11) is 0. The molecule has 0 aliphatic carbocycles. The number of carbonyl (C=O) groups excluding carboxylic acids is 1. The van der Waals surface area contributed by atoms with E-state index in [0.717, 1.165) is 19.3 Å². The first-order chi connectivity index (χ1) is 7.25. The van der Waals surface area contributed by atoms with Crippen molar-refractivity contribution in [2.24, 2.45) is 0 Å². The van der Waals surface area contributed by atoms with Gasteiger partial charge in [0.15, 0.2) is 0 Å². The van der Waals surface area contributed by atoms with Crippen molar-refractivity contribution in [3.8, 4) is 0 Å². The molecule has 0 saturated heterocycles. The SMILES string of the molecule is CCCCCOC(=O)c1ccccc1N. The monoisotopic (exact) mass is 207 g/mol. The highest BCUT2D eigenvalue weighted by Crippen LogP contribution is 2.11. The van der Waals surface area contributed by atoms with Crippen molar-refractivity contribution in [1.29, 1.82) is 0 Å². The quantitative estimate of drug-likeness (QED) is 0.458. The molecule has 0 aromatic heterocycles. The molecule has 15 heavy (non-hydrogen) atoms. The first-order valence-corrected chi connectivity index (χ1v) is 5.27. The lowest BCUT2D eigenvalue weighted by Crippen LogP contribution is -2.08. The first kappa shape index (κ1) is 11.6. The second kappa shape index (κ2) is 6.06. The van der Waals surface area contributed by atoms with E-state index in [2.05, 4.69) is 6.92 Å². The van der Waals surface area contributed by atoms with E-state index < -0.39 is 0 Å². The molecule has 0 amide bonds. The topological polar surface area (TPSA) is 52.3 Å². The van der Waals surface area contributed by atoms with Gasteiger partial charge in [0, 0.05) is 5.69 Å². The molecule has 1 aromatic rings. The van der Waals surface area contributed by atoms with Gasteiger partial charge in [0.05, 0.1) is 12.2 Å². The van der Waals surface area contributed by atoms with Gasteiger partial charge in [-0.1, -0.05) is 31.9 Å². The smallest absolute Gasteiger partial charge is 0.340 e. The minimum Gasteiger partial charge on any atom is -0.462 e. The third kappa shape index (κ3) is 3.62. The van der Waals surface area contributed by atoms with Crippen molar-refractivity contribution in [2.45, 2.75) is 26.2 Å². The highest BCUT2D eigenvalue weighted by molar-refractivity contribution is 5.94. The van der Waals surface area contributed by atoms with Gasteiger partial charge in [0.25, 0.3) is 0 Å². The number of para-hydroxylation sites is 1. The van der Waals surface area contributed by atoms with Crippen LogP contribution in [0.25, 0.3) is 0 Å². The van der Waals surface area contributed by atoms with Crippen molar-refractivity contribution in [3.05, 3.63) is 29.8 Å². The Bertz CT molecular complexity index is 323. The van der Waals surface area contributed by atoms with Crippen LogP contribution in [-0.2, 0) is 4.74 Å². The summed E-state index contributed by atoms with van der Waals surface area (Å²) in [5, 5.41) is 0. The predicted octanol–water partition coefficient (Wildman–Crippen LogP) is 2.62. The Morgan fingerprint density at radius 2 is 2.07 bits per heavy atom. The van der Waals surface area contributed by atoms with Gasteiger partial charge in [0.1, 0.15) is 0 Å². The maximum Gasteiger partial charge on any atom is 0.340 e. The Labute approximate surface area is 90.2 Å². The van der Waals surface area contributed by atoms with Gasteiger partial charge in [-0.3, -0.25) is 0 Å². The molecule has 0 atom stereocenters. The fourth-order valence-corrected chi connectivity index (χ4v) is 1.28. The van der Waals surface area contributed by atoms with Crippen LogP contribution < -0.4 is 5.73 Å². The Hall–Kier alpha value is -1.51. The average Bonchev–Trinajstić information content (AvgIpc) is 2.25. The Morgan fingerprint density at radius 3 is 2.73 bits per heavy atom. The zero-order valence-electron chi connectivity index (χ0n) is 9.03. The maximum absolute atomic E-state index is 11.5. The van der Waals surface area contributed by atoms with Crippen LogP contribution in [0.3, 0.4) is 0 Å². The lowest BCUT2D eigenvalue weighted by molar-refractivity contribution is 0.0499. The molecule has 0 unspecified atom stereocenters. The predicted molar refractivity (Wildman–Crippen MR) is 60.7 cm³/mol. The number of carbonyl (C=O) groups is 1. The number of nitrogens with two attached hydrogens (primary N) is 1. The summed E-state index contributed by atoms with van der Waals surface area (Å²) >= 11 is 0. The molecule has 0 aliphatic heterocycles. The minimum atomic E-state index is -0.329. The van der Waals surface area contributed by atoms with E-state index in [9.17, 15) is 4.79 Å². The molecular weight excluding hydrogens is 190 g/mol. The fraction of sp³-hybridized carbons (Fsp3) is 0.417. The Kier molecular flexibility index (Phi) is 4.68. The number of unbranched alkanes of at least 4 members (excludes halogenated alkanes) is 2. The van der Waals surface area contributed by atoms with E-state index >= 15 is 0 Å². The largest absolute Gasteiger partial charge is 0.462 e. The van der Waals surface area contributed by atoms with Crippen LogP contribution in [0.1, 0.15) is 36.5 Å². The highest BCUT2D eigenvalue weighted by atomic mass is 16.5. The summed E-state index contributed by atoms with van der Waals surface area (Å²) in [6.45, 7) is 2.58. The Balaban J connectivity index is 2.44. The molecule has 0 fully saturated rings. The van der Waals surface area contributed by atoms with E-state index in [1.54, 1.807) is 24.3 Å². The zero-order chi connectivity index (χ0) is 11.1. The third-order valence-corrected chi connectivity index (χ3v) is 2.16. The summed E-state index contributed by atoms with van der Waals surface area (Å²) in [6, 6.07) is 6.95. The fourth-order valence-electron chi connectivity index (χ4n) is 1.28. The van der Waals surface area contributed by atoms with Gasteiger partial charge in [-0.2, -0.15) is 0 Å². The molecule has 82 valence electrons. The van der Waals surface area contributed by atoms with Crippen molar-refractivity contribution < 1.29 is 9.53 Å². The molecule has 3 heteroatoms. The number of benzene rings is 1. The highest BCUT2D eigenvalue weighted by Gasteiger charge is 2.09. The summed E-state index contributed by atoms with van der Waals surface area (Å²) in [4.78, 5) is 11.5. The standard InChI is InChI=1S/C12H17NO2/c1-2-3-6-9-15-12(14)10-7-4-5-8-11(10)13/h4-5,7-8H,2-3,6,9,13H2,1H3. The van der Waals surface area contributed by atoms with Gasteiger partial charge < -0.3 is 10.5 Å². The van der Waals surface area contributed by atoms with Crippen LogP contribution in [0.2, 0.25) is 0 Å². The van der Waals surface area contributed by atoms with Crippen molar-refractivity contribution in [2.75, 3.05) is 12.3 Å². The molecule has 0 radical (unpaired) electrons. The van der Waals surface area contributed by atoms with Crippen molar-refractivity contribution in [3.63, 3.8) is 0 Å². The van der Waals surface area contributed by atoms with Gasteiger partial charge in [0.2, 0.25) is 0 Å². The second-order valence-electron chi connectivity index (χ2n) is 3.43. The van der Waals surface area contributed by atoms with E-state index in [-0.39, 0.29) is 5.97 Å². The lowest BCUT2D eigenvalue weighted by atomic mass is 10.2. The third-order valence-electron chi connectivity index (χ3n) is 2.16. The van der Waals surface area contributed by atoms with Crippen LogP contribution in [0.15, 0.2) is 24.3 Å². The number of hydrogen-bond donors (Lipinski definition) is 1. The Morgan fingerprint density at radius 1 is 1.33 bits per heavy atom. The van der Waals surface area contributed by atoms with E-state index in [1.807, 2.05) is 0 Å². The summed E-state index contributed by atoms with van der Waals surface area (Å²) < 4.78 is 5.09. The maximum atomic E-state index is 11.5. The number of rotatable bonds is 5. The van der Waals surface area contributed by atoms with Gasteiger partial charge in [-0.15, -0.1) is 0 Å². The zero-order valence-corrected chi connectivity index (χ0v) is 9.03. The van der Waals surface area contributed by atoms with Crippen LogP contribution in [0, 0.1) is 0 Å². The van der Waals surface area contributed by atoms with Crippen molar-refractivity contribution >= 4 is 11.7 Å². The number of nitrogen functional groups attached to an aromatic ring is 1.